The summed E-state index contributed by atoms with van der Waals surface area (Å²) in [7, 11) is 1.59. The molecule has 0 saturated carbocycles. The van der Waals surface area contributed by atoms with E-state index >= 15 is 0 Å². The first kappa shape index (κ1) is 15.0. The lowest BCUT2D eigenvalue weighted by Gasteiger charge is -2.15. The Morgan fingerprint density at radius 2 is 1.74 bits per heavy atom. The van der Waals surface area contributed by atoms with Crippen LogP contribution >= 0.6 is 0 Å². The molecule has 1 rings (SSSR count). The molecular weight excluding hydrogens is 242 g/mol. The molecule has 1 aromatic carbocycles. The highest BCUT2D eigenvalue weighted by Crippen LogP contribution is 2.13. The average molecular weight is 261 g/mol. The molecule has 0 atom stereocenters. The Hall–Kier alpha value is -2.10. The van der Waals surface area contributed by atoms with E-state index in [0.717, 1.165) is 11.3 Å². The standard InChI is InChI=1S/C15H19NO3/c1-15(2,3)14(18)16-13(17)10-7-11-5-8-12(19-4)9-6-11/h5-10H,1-4H3,(H,16,17,18)/b10-7+. The molecule has 0 bridgehead atoms. The molecule has 102 valence electrons. The molecule has 2 amide bonds. The Labute approximate surface area is 113 Å². The first-order valence-corrected chi connectivity index (χ1v) is 6.00. The van der Waals surface area contributed by atoms with E-state index in [9.17, 15) is 9.59 Å². The average Bonchev–Trinajstić information content (AvgIpc) is 2.35. The molecule has 0 aliphatic rings. The third kappa shape index (κ3) is 4.95. The Morgan fingerprint density at radius 1 is 1.16 bits per heavy atom. The van der Waals surface area contributed by atoms with Gasteiger partial charge in [0.05, 0.1) is 7.11 Å². The highest BCUT2D eigenvalue weighted by atomic mass is 16.5. The van der Waals surface area contributed by atoms with Crippen molar-refractivity contribution in [3.05, 3.63) is 35.9 Å². The fourth-order valence-corrected chi connectivity index (χ4v) is 1.23. The maximum absolute atomic E-state index is 11.6. The summed E-state index contributed by atoms with van der Waals surface area (Å²) < 4.78 is 5.04. The van der Waals surface area contributed by atoms with Crippen LogP contribution in [0.3, 0.4) is 0 Å². The number of carbonyl (C=O) groups is 2. The molecule has 4 heteroatoms. The summed E-state index contributed by atoms with van der Waals surface area (Å²) in [6, 6.07) is 7.26. The zero-order valence-electron chi connectivity index (χ0n) is 11.7. The number of ether oxygens (including phenoxy) is 1. The normalized spacial score (nSPS) is 11.4. The van der Waals surface area contributed by atoms with Crippen LogP contribution in [0.15, 0.2) is 30.3 Å². The van der Waals surface area contributed by atoms with E-state index in [1.807, 2.05) is 12.1 Å². The minimum Gasteiger partial charge on any atom is -0.497 e. The Morgan fingerprint density at radius 3 is 2.21 bits per heavy atom. The number of rotatable bonds is 3. The van der Waals surface area contributed by atoms with Crippen molar-refractivity contribution < 1.29 is 14.3 Å². The van der Waals surface area contributed by atoms with Crippen molar-refractivity contribution in [3.8, 4) is 5.75 Å². The van der Waals surface area contributed by atoms with Crippen molar-refractivity contribution in [2.45, 2.75) is 20.8 Å². The molecule has 1 N–H and O–H groups in total. The van der Waals surface area contributed by atoms with E-state index in [1.54, 1.807) is 46.1 Å². The van der Waals surface area contributed by atoms with Crippen LogP contribution in [0.1, 0.15) is 26.3 Å². The van der Waals surface area contributed by atoms with Crippen LogP contribution in [0.25, 0.3) is 6.08 Å². The minimum atomic E-state index is -0.580. The fraction of sp³-hybridized carbons (Fsp3) is 0.333. The maximum atomic E-state index is 11.6. The molecular formula is C15H19NO3. The predicted molar refractivity (Wildman–Crippen MR) is 74.6 cm³/mol. The quantitative estimate of drug-likeness (QED) is 0.850. The lowest BCUT2D eigenvalue weighted by molar-refractivity contribution is -0.133. The lowest BCUT2D eigenvalue weighted by Crippen LogP contribution is -2.38. The predicted octanol–water partition coefficient (Wildman–Crippen LogP) is 2.40. The Kier molecular flexibility index (Phi) is 4.87. The summed E-state index contributed by atoms with van der Waals surface area (Å²) in [5.41, 5.74) is 0.281. The van der Waals surface area contributed by atoms with E-state index in [0.29, 0.717) is 0 Å². The summed E-state index contributed by atoms with van der Waals surface area (Å²) >= 11 is 0. The number of hydrogen-bond donors (Lipinski definition) is 1. The molecule has 0 aliphatic carbocycles. The van der Waals surface area contributed by atoms with Crippen LogP contribution in [0.5, 0.6) is 5.75 Å². The Bertz CT molecular complexity index is 481. The van der Waals surface area contributed by atoms with Gasteiger partial charge >= 0.3 is 0 Å². The molecule has 1 aromatic rings. The maximum Gasteiger partial charge on any atom is 0.250 e. The number of amides is 2. The van der Waals surface area contributed by atoms with Gasteiger partial charge in [-0.1, -0.05) is 32.9 Å². The van der Waals surface area contributed by atoms with Gasteiger partial charge in [-0.05, 0) is 23.8 Å². The summed E-state index contributed by atoms with van der Waals surface area (Å²) in [4.78, 5) is 23.1. The van der Waals surface area contributed by atoms with Crippen molar-refractivity contribution >= 4 is 17.9 Å². The Balaban J connectivity index is 2.61. The van der Waals surface area contributed by atoms with Gasteiger partial charge in [0.1, 0.15) is 5.75 Å². The zero-order chi connectivity index (χ0) is 14.5. The SMILES string of the molecule is COc1ccc(/C=C/C(=O)NC(=O)C(C)(C)C)cc1. The van der Waals surface area contributed by atoms with Crippen molar-refractivity contribution in [1.82, 2.24) is 5.32 Å². The van der Waals surface area contributed by atoms with Gasteiger partial charge in [0.2, 0.25) is 5.91 Å². The zero-order valence-corrected chi connectivity index (χ0v) is 11.7. The highest BCUT2D eigenvalue weighted by molar-refractivity contribution is 6.04. The van der Waals surface area contributed by atoms with Gasteiger partial charge in [-0.2, -0.15) is 0 Å². The second-order valence-corrected chi connectivity index (χ2v) is 5.17. The summed E-state index contributed by atoms with van der Waals surface area (Å²) in [5, 5.41) is 2.32. The van der Waals surface area contributed by atoms with E-state index in [4.69, 9.17) is 4.74 Å². The molecule has 0 radical (unpaired) electrons. The van der Waals surface area contributed by atoms with Crippen LogP contribution in [0, 0.1) is 5.41 Å². The molecule has 4 nitrogen and oxygen atoms in total. The number of hydrogen-bond acceptors (Lipinski definition) is 3. The van der Waals surface area contributed by atoms with Crippen LogP contribution in [-0.4, -0.2) is 18.9 Å². The molecule has 0 spiro atoms. The van der Waals surface area contributed by atoms with Crippen molar-refractivity contribution in [2.75, 3.05) is 7.11 Å². The van der Waals surface area contributed by atoms with Crippen LogP contribution < -0.4 is 10.1 Å². The van der Waals surface area contributed by atoms with Crippen molar-refractivity contribution in [3.63, 3.8) is 0 Å². The number of carbonyl (C=O) groups excluding carboxylic acids is 2. The third-order valence-electron chi connectivity index (χ3n) is 2.46. The van der Waals surface area contributed by atoms with E-state index in [-0.39, 0.29) is 5.91 Å². The number of methoxy groups -OCH3 is 1. The van der Waals surface area contributed by atoms with Gasteiger partial charge in [0.15, 0.2) is 0 Å². The van der Waals surface area contributed by atoms with Crippen LogP contribution in [0.4, 0.5) is 0 Å². The van der Waals surface area contributed by atoms with Gasteiger partial charge in [-0.15, -0.1) is 0 Å². The summed E-state index contributed by atoms with van der Waals surface area (Å²) in [6.07, 6.45) is 2.98. The third-order valence-corrected chi connectivity index (χ3v) is 2.46. The molecule has 19 heavy (non-hydrogen) atoms. The smallest absolute Gasteiger partial charge is 0.250 e. The lowest BCUT2D eigenvalue weighted by atomic mass is 9.96. The second kappa shape index (κ2) is 6.18. The summed E-state index contributed by atoms with van der Waals surface area (Å²) in [6.45, 7) is 5.26. The van der Waals surface area contributed by atoms with Gasteiger partial charge in [0.25, 0.3) is 5.91 Å². The van der Waals surface area contributed by atoms with Gasteiger partial charge < -0.3 is 4.74 Å². The molecule has 0 saturated heterocycles. The van der Waals surface area contributed by atoms with Gasteiger partial charge in [-0.3, -0.25) is 14.9 Å². The molecule has 0 unspecified atom stereocenters. The van der Waals surface area contributed by atoms with E-state index < -0.39 is 11.3 Å². The first-order chi connectivity index (χ1) is 8.82. The van der Waals surface area contributed by atoms with Gasteiger partial charge in [0, 0.05) is 11.5 Å². The summed E-state index contributed by atoms with van der Waals surface area (Å²) in [5.74, 6) is 0.0390. The molecule has 0 heterocycles. The highest BCUT2D eigenvalue weighted by Gasteiger charge is 2.22. The second-order valence-electron chi connectivity index (χ2n) is 5.17. The number of benzene rings is 1. The van der Waals surface area contributed by atoms with Gasteiger partial charge in [-0.25, -0.2) is 0 Å². The largest absolute Gasteiger partial charge is 0.497 e. The molecule has 0 fully saturated rings. The number of imide groups is 1. The first-order valence-electron chi connectivity index (χ1n) is 6.00. The molecule has 0 aromatic heterocycles. The minimum absolute atomic E-state index is 0.295. The van der Waals surface area contributed by atoms with E-state index in [1.165, 1.54) is 6.08 Å². The van der Waals surface area contributed by atoms with Crippen molar-refractivity contribution in [1.29, 1.82) is 0 Å². The monoisotopic (exact) mass is 261 g/mol. The topological polar surface area (TPSA) is 55.4 Å². The van der Waals surface area contributed by atoms with Crippen molar-refractivity contribution in [2.24, 2.45) is 5.41 Å². The van der Waals surface area contributed by atoms with Crippen LogP contribution in [0.2, 0.25) is 0 Å². The molecule has 0 aliphatic heterocycles. The number of nitrogens with one attached hydrogen (secondary N) is 1. The van der Waals surface area contributed by atoms with Crippen LogP contribution in [-0.2, 0) is 9.59 Å². The van der Waals surface area contributed by atoms with E-state index in [2.05, 4.69) is 5.32 Å². The fourth-order valence-electron chi connectivity index (χ4n) is 1.23.